The Balaban J connectivity index is 3.63. The van der Waals surface area contributed by atoms with Gasteiger partial charge in [0.1, 0.15) is 0 Å². The molecule has 0 rings (SSSR count). The van der Waals surface area contributed by atoms with E-state index < -0.39 is 0 Å². The van der Waals surface area contributed by atoms with Gasteiger partial charge in [0.05, 0.1) is 0 Å². The summed E-state index contributed by atoms with van der Waals surface area (Å²) in [5.41, 5.74) is 0.296. The number of hydrogen-bond acceptors (Lipinski definition) is 0. The molecule has 0 atom stereocenters. The average molecular weight is 139 g/mol. The van der Waals surface area contributed by atoms with Gasteiger partial charge in [0, 0.05) is 0 Å². The van der Waals surface area contributed by atoms with Crippen molar-refractivity contribution in [3.63, 3.8) is 0 Å². The molecule has 0 aromatic heterocycles. The topological polar surface area (TPSA) is 0 Å². The summed E-state index contributed by atoms with van der Waals surface area (Å²) in [6.07, 6.45) is 9.21. The van der Waals surface area contributed by atoms with E-state index in [1.807, 2.05) is 13.0 Å². The lowest BCUT2D eigenvalue weighted by Crippen LogP contribution is -2.06. The molecular weight excluding hydrogens is 120 g/mol. The van der Waals surface area contributed by atoms with Gasteiger partial charge in [-0.2, -0.15) is 0 Å². The van der Waals surface area contributed by atoms with E-state index in [-0.39, 0.29) is 0 Å². The number of rotatable bonds is 4. The first-order valence-electron chi connectivity index (χ1n) is 4.18. The van der Waals surface area contributed by atoms with Crippen LogP contribution in [-0.2, 0) is 0 Å². The molecule has 10 heavy (non-hydrogen) atoms. The molecule has 0 aromatic rings. The Morgan fingerprint density at radius 3 is 2.40 bits per heavy atom. The molecule has 0 heteroatoms. The standard InChI is InChI=1S/C10H19/c1-5-7-9-10(3,4)8-6-2/h6H,5,7,9H2,1-4H3. The fourth-order valence-corrected chi connectivity index (χ4v) is 1.08. The highest BCUT2D eigenvalue weighted by Gasteiger charge is 2.11. The highest BCUT2D eigenvalue weighted by molar-refractivity contribution is 4.84. The molecule has 59 valence electrons. The second kappa shape index (κ2) is 4.54. The van der Waals surface area contributed by atoms with Gasteiger partial charge in [-0.15, -0.1) is 0 Å². The first-order chi connectivity index (χ1) is 4.62. The van der Waals surface area contributed by atoms with Crippen molar-refractivity contribution in [3.8, 4) is 0 Å². The van der Waals surface area contributed by atoms with Gasteiger partial charge in [0.15, 0.2) is 0 Å². The summed E-state index contributed by atoms with van der Waals surface area (Å²) in [7, 11) is 0. The van der Waals surface area contributed by atoms with Gasteiger partial charge in [-0.25, -0.2) is 0 Å². The van der Waals surface area contributed by atoms with Gasteiger partial charge in [-0.1, -0.05) is 39.7 Å². The third kappa shape index (κ3) is 4.60. The fraction of sp³-hybridized carbons (Fsp3) is 0.800. The van der Waals surface area contributed by atoms with Crippen LogP contribution in [0.15, 0.2) is 6.08 Å². The van der Waals surface area contributed by atoms with Crippen molar-refractivity contribution >= 4 is 0 Å². The molecular formula is C10H19. The Labute approximate surface area is 65.3 Å². The Morgan fingerprint density at radius 2 is 2.00 bits per heavy atom. The van der Waals surface area contributed by atoms with Crippen molar-refractivity contribution in [1.29, 1.82) is 0 Å². The molecule has 0 nitrogen and oxygen atoms in total. The molecule has 0 unspecified atom stereocenters. The Morgan fingerprint density at radius 1 is 1.40 bits per heavy atom. The van der Waals surface area contributed by atoms with Crippen LogP contribution < -0.4 is 0 Å². The molecule has 0 aliphatic heterocycles. The van der Waals surface area contributed by atoms with Crippen molar-refractivity contribution in [3.05, 3.63) is 12.2 Å². The van der Waals surface area contributed by atoms with E-state index in [1.54, 1.807) is 0 Å². The summed E-state index contributed by atoms with van der Waals surface area (Å²) in [4.78, 5) is 0. The second-order valence-corrected chi connectivity index (χ2v) is 3.42. The van der Waals surface area contributed by atoms with E-state index in [0.29, 0.717) is 5.41 Å². The van der Waals surface area contributed by atoms with Gasteiger partial charge in [0.25, 0.3) is 0 Å². The molecule has 0 aliphatic carbocycles. The van der Waals surface area contributed by atoms with Crippen LogP contribution in [0.1, 0.15) is 47.0 Å². The van der Waals surface area contributed by atoms with Crippen molar-refractivity contribution in [1.82, 2.24) is 0 Å². The first-order valence-corrected chi connectivity index (χ1v) is 4.18. The van der Waals surface area contributed by atoms with Crippen LogP contribution in [0, 0.1) is 11.5 Å². The number of allylic oxidation sites excluding steroid dienone is 2. The summed E-state index contributed by atoms with van der Waals surface area (Å²) < 4.78 is 0. The molecule has 0 N–H and O–H groups in total. The van der Waals surface area contributed by atoms with Gasteiger partial charge in [-0.3, -0.25) is 0 Å². The van der Waals surface area contributed by atoms with Gasteiger partial charge < -0.3 is 0 Å². The zero-order valence-electron chi connectivity index (χ0n) is 7.70. The van der Waals surface area contributed by atoms with Crippen molar-refractivity contribution in [2.45, 2.75) is 47.0 Å². The first kappa shape index (κ1) is 9.74. The summed E-state index contributed by atoms with van der Waals surface area (Å²) in [6, 6.07) is 0. The summed E-state index contributed by atoms with van der Waals surface area (Å²) in [6.45, 7) is 8.74. The minimum atomic E-state index is 0.296. The van der Waals surface area contributed by atoms with Crippen molar-refractivity contribution < 1.29 is 0 Å². The lowest BCUT2D eigenvalue weighted by Gasteiger charge is -2.18. The molecule has 0 heterocycles. The zero-order valence-corrected chi connectivity index (χ0v) is 7.70. The third-order valence-electron chi connectivity index (χ3n) is 1.69. The van der Waals surface area contributed by atoms with Gasteiger partial charge >= 0.3 is 0 Å². The normalized spacial score (nSPS) is 12.8. The predicted molar refractivity (Wildman–Crippen MR) is 46.8 cm³/mol. The maximum Gasteiger partial charge on any atom is -0.0104 e. The van der Waals surface area contributed by atoms with E-state index in [0.717, 1.165) is 0 Å². The van der Waals surface area contributed by atoms with E-state index in [9.17, 15) is 0 Å². The summed E-state index contributed by atoms with van der Waals surface area (Å²) >= 11 is 0. The second-order valence-electron chi connectivity index (χ2n) is 3.42. The zero-order chi connectivity index (χ0) is 8.04. The van der Waals surface area contributed by atoms with E-state index in [4.69, 9.17) is 0 Å². The smallest absolute Gasteiger partial charge is 0.0104 e. The molecule has 0 spiro atoms. The monoisotopic (exact) mass is 139 g/mol. The van der Waals surface area contributed by atoms with Crippen molar-refractivity contribution in [2.75, 3.05) is 0 Å². The highest BCUT2D eigenvalue weighted by atomic mass is 14.2. The van der Waals surface area contributed by atoms with Gasteiger partial charge in [0.2, 0.25) is 0 Å². The minimum absolute atomic E-state index is 0.296. The molecule has 1 radical (unpaired) electrons. The molecule has 0 aliphatic rings. The van der Waals surface area contributed by atoms with E-state index in [2.05, 4.69) is 26.8 Å². The lowest BCUT2D eigenvalue weighted by molar-refractivity contribution is 0.404. The fourth-order valence-electron chi connectivity index (χ4n) is 1.08. The summed E-state index contributed by atoms with van der Waals surface area (Å²) in [5, 5.41) is 0. The Bertz CT molecular complexity index is 98.6. The summed E-state index contributed by atoms with van der Waals surface area (Å²) in [5.74, 6) is 0. The van der Waals surface area contributed by atoms with E-state index in [1.165, 1.54) is 19.3 Å². The van der Waals surface area contributed by atoms with Crippen LogP contribution in [0.25, 0.3) is 0 Å². The maximum atomic E-state index is 3.33. The van der Waals surface area contributed by atoms with Crippen LogP contribution in [0.3, 0.4) is 0 Å². The minimum Gasteiger partial charge on any atom is -0.0836 e. The molecule has 0 aromatic carbocycles. The molecule has 0 saturated carbocycles. The third-order valence-corrected chi connectivity index (χ3v) is 1.69. The van der Waals surface area contributed by atoms with Crippen LogP contribution in [0.5, 0.6) is 0 Å². The van der Waals surface area contributed by atoms with E-state index >= 15 is 0 Å². The Hall–Kier alpha value is -0.260. The molecule has 0 saturated heterocycles. The lowest BCUT2D eigenvalue weighted by atomic mass is 9.87. The molecule has 0 fully saturated rings. The highest BCUT2D eigenvalue weighted by Crippen LogP contribution is 2.23. The molecule has 0 bridgehead atoms. The van der Waals surface area contributed by atoms with Crippen LogP contribution in [-0.4, -0.2) is 0 Å². The van der Waals surface area contributed by atoms with Gasteiger partial charge in [-0.05, 0) is 24.8 Å². The van der Waals surface area contributed by atoms with Crippen LogP contribution in [0.2, 0.25) is 0 Å². The number of unbranched alkanes of at least 4 members (excludes halogenated alkanes) is 1. The van der Waals surface area contributed by atoms with Crippen molar-refractivity contribution in [2.24, 2.45) is 5.41 Å². The largest absolute Gasteiger partial charge is 0.0836 e. The quantitative estimate of drug-likeness (QED) is 0.558. The SMILES string of the molecule is CC=[C]C(C)(C)CCCC. The number of hydrogen-bond donors (Lipinski definition) is 0. The Kier molecular flexibility index (Phi) is 4.42. The maximum absolute atomic E-state index is 3.33. The predicted octanol–water partition coefficient (Wildman–Crippen LogP) is 3.58. The molecule has 0 amide bonds. The van der Waals surface area contributed by atoms with Crippen LogP contribution >= 0.6 is 0 Å². The van der Waals surface area contributed by atoms with Crippen LogP contribution in [0.4, 0.5) is 0 Å². The average Bonchev–Trinajstić information content (AvgIpc) is 1.84.